The molecule has 4 rings (SSSR count). The fraction of sp³-hybridized carbons (Fsp3) is 0.333. The third-order valence-electron chi connectivity index (χ3n) is 6.08. The van der Waals surface area contributed by atoms with Crippen LogP contribution in [-0.4, -0.2) is 54.5 Å². The second kappa shape index (κ2) is 12.0. The first-order valence-corrected chi connectivity index (χ1v) is 13.3. The molecule has 1 unspecified atom stereocenters. The third kappa shape index (κ3) is 6.25. The Labute approximate surface area is 220 Å². The number of carbonyl (C=O) groups excluding carboxylic acids is 2. The first-order chi connectivity index (χ1) is 17.0. The van der Waals surface area contributed by atoms with Crippen LogP contribution in [0.2, 0.25) is 10.0 Å². The molecule has 1 aromatic heterocycles. The molecule has 184 valence electrons. The van der Waals surface area contributed by atoms with Gasteiger partial charge in [0.05, 0.1) is 6.04 Å². The van der Waals surface area contributed by atoms with Crippen molar-refractivity contribution in [3.63, 3.8) is 0 Å². The minimum Gasteiger partial charge on any atom is -0.382 e. The lowest BCUT2D eigenvalue weighted by Crippen LogP contribution is -2.47. The van der Waals surface area contributed by atoms with Crippen molar-refractivity contribution in [1.29, 1.82) is 0 Å². The van der Waals surface area contributed by atoms with E-state index in [4.69, 9.17) is 27.9 Å². The molecule has 2 heterocycles. The molecule has 0 fully saturated rings. The summed E-state index contributed by atoms with van der Waals surface area (Å²) in [5.74, 6) is -0.304. The van der Waals surface area contributed by atoms with E-state index in [0.29, 0.717) is 48.3 Å². The van der Waals surface area contributed by atoms with Gasteiger partial charge in [0.1, 0.15) is 6.54 Å². The molecule has 0 aliphatic carbocycles. The van der Waals surface area contributed by atoms with Crippen LogP contribution in [-0.2, 0) is 16.0 Å². The Balaban J connectivity index is 1.58. The highest BCUT2D eigenvalue weighted by Gasteiger charge is 2.34. The van der Waals surface area contributed by atoms with Gasteiger partial charge in [-0.05, 0) is 72.7 Å². The van der Waals surface area contributed by atoms with E-state index in [2.05, 4.69) is 11.4 Å². The zero-order valence-corrected chi connectivity index (χ0v) is 21.9. The molecular formula is C27H28Cl2N2O3S. The zero-order chi connectivity index (χ0) is 24.8. The molecule has 1 aliphatic rings. The number of rotatable bonds is 9. The summed E-state index contributed by atoms with van der Waals surface area (Å²) in [6.07, 6.45) is 1.44. The zero-order valence-electron chi connectivity index (χ0n) is 19.6. The summed E-state index contributed by atoms with van der Waals surface area (Å²) in [6.45, 7) is 4.07. The van der Waals surface area contributed by atoms with Gasteiger partial charge in [0.25, 0.3) is 5.91 Å². The number of fused-ring (bicyclic) bond motifs is 1. The molecule has 2 amide bonds. The molecule has 3 aromatic rings. The number of amides is 2. The van der Waals surface area contributed by atoms with Crippen molar-refractivity contribution in [3.8, 4) is 0 Å². The molecule has 0 spiro atoms. The Kier molecular flexibility index (Phi) is 8.84. The highest BCUT2D eigenvalue weighted by molar-refractivity contribution is 7.10. The van der Waals surface area contributed by atoms with Crippen LogP contribution in [0.15, 0.2) is 60.0 Å². The smallest absolute Gasteiger partial charge is 0.254 e. The molecule has 0 saturated carbocycles. The van der Waals surface area contributed by atoms with Crippen molar-refractivity contribution in [3.05, 3.63) is 91.6 Å². The van der Waals surface area contributed by atoms with Gasteiger partial charge in [0.2, 0.25) is 5.91 Å². The fourth-order valence-corrected chi connectivity index (χ4v) is 5.62. The molecule has 0 saturated heterocycles. The van der Waals surface area contributed by atoms with Crippen LogP contribution in [0.5, 0.6) is 0 Å². The first-order valence-electron chi connectivity index (χ1n) is 11.7. The van der Waals surface area contributed by atoms with E-state index in [9.17, 15) is 9.59 Å². The average molecular weight is 532 g/mol. The second-order valence-electron chi connectivity index (χ2n) is 8.38. The van der Waals surface area contributed by atoms with E-state index in [0.717, 1.165) is 17.5 Å². The Hall–Kier alpha value is -2.38. The van der Waals surface area contributed by atoms with E-state index < -0.39 is 0 Å². The molecule has 1 aliphatic heterocycles. The van der Waals surface area contributed by atoms with Gasteiger partial charge < -0.3 is 14.5 Å². The second-order valence-corrected chi connectivity index (χ2v) is 10.3. The van der Waals surface area contributed by atoms with Crippen molar-refractivity contribution in [2.24, 2.45) is 0 Å². The molecule has 35 heavy (non-hydrogen) atoms. The molecule has 0 radical (unpaired) electrons. The van der Waals surface area contributed by atoms with Crippen molar-refractivity contribution >= 4 is 46.4 Å². The number of hydrogen-bond acceptors (Lipinski definition) is 4. The quantitative estimate of drug-likeness (QED) is 0.314. The van der Waals surface area contributed by atoms with Crippen LogP contribution in [0.25, 0.3) is 0 Å². The van der Waals surface area contributed by atoms with E-state index in [-0.39, 0.29) is 24.4 Å². The molecule has 5 nitrogen and oxygen atoms in total. The summed E-state index contributed by atoms with van der Waals surface area (Å²) in [5.41, 5.74) is 2.61. The van der Waals surface area contributed by atoms with Crippen LogP contribution >= 0.6 is 34.5 Å². The number of carbonyl (C=O) groups is 2. The lowest BCUT2D eigenvalue weighted by Gasteiger charge is -2.37. The summed E-state index contributed by atoms with van der Waals surface area (Å²) >= 11 is 14.0. The molecular weight excluding hydrogens is 503 g/mol. The van der Waals surface area contributed by atoms with Gasteiger partial charge in [0, 0.05) is 46.8 Å². The predicted molar refractivity (Wildman–Crippen MR) is 141 cm³/mol. The van der Waals surface area contributed by atoms with Gasteiger partial charge in [-0.15, -0.1) is 11.3 Å². The Morgan fingerprint density at radius 3 is 2.66 bits per heavy atom. The molecule has 2 aromatic carbocycles. The number of hydrogen-bond donors (Lipinski definition) is 0. The number of halogens is 2. The van der Waals surface area contributed by atoms with E-state index in [1.807, 2.05) is 36.1 Å². The monoisotopic (exact) mass is 530 g/mol. The number of thiophene rings is 1. The summed E-state index contributed by atoms with van der Waals surface area (Å²) in [7, 11) is 0. The number of ether oxygens (including phenoxy) is 1. The van der Waals surface area contributed by atoms with Crippen molar-refractivity contribution in [1.82, 2.24) is 9.80 Å². The standard InChI is InChI=1S/C27H28Cl2N2O3S/c1-2-34-15-4-13-30(27(33)20-5-3-6-22(29)17-20)18-25(32)31-14-11-24-23(12-16-35-24)26(31)19-7-9-21(28)10-8-19/h3,5-10,12,16-17,26H,2,4,11,13-15,18H2,1H3. The maximum atomic E-state index is 13.7. The van der Waals surface area contributed by atoms with Crippen LogP contribution in [0.4, 0.5) is 0 Å². The SMILES string of the molecule is CCOCCCN(CC(=O)N1CCc2sccc2C1c1ccc(Cl)cc1)C(=O)c1cccc(Cl)c1. The van der Waals surface area contributed by atoms with E-state index in [1.165, 1.54) is 4.88 Å². The Morgan fingerprint density at radius 2 is 1.91 bits per heavy atom. The molecule has 0 bridgehead atoms. The minimum atomic E-state index is -0.214. The first kappa shape index (κ1) is 25.7. The van der Waals surface area contributed by atoms with Gasteiger partial charge in [0.15, 0.2) is 0 Å². The lowest BCUT2D eigenvalue weighted by atomic mass is 9.93. The minimum absolute atomic E-state index is 0.0129. The Bertz CT molecular complexity index is 1170. The molecule has 0 N–H and O–H groups in total. The van der Waals surface area contributed by atoms with Gasteiger partial charge in [-0.25, -0.2) is 0 Å². The van der Waals surface area contributed by atoms with E-state index in [1.54, 1.807) is 40.5 Å². The average Bonchev–Trinajstić information content (AvgIpc) is 3.34. The predicted octanol–water partition coefficient (Wildman–Crippen LogP) is 6.10. The number of nitrogens with zero attached hydrogens (tertiary/aromatic N) is 2. The molecule has 8 heteroatoms. The van der Waals surface area contributed by atoms with Gasteiger partial charge in [-0.1, -0.05) is 41.4 Å². The highest BCUT2D eigenvalue weighted by atomic mass is 35.5. The van der Waals surface area contributed by atoms with Crippen molar-refractivity contribution < 1.29 is 14.3 Å². The third-order valence-corrected chi connectivity index (χ3v) is 7.56. The number of benzene rings is 2. The summed E-state index contributed by atoms with van der Waals surface area (Å²) in [6, 6.07) is 16.4. The highest BCUT2D eigenvalue weighted by Crippen LogP contribution is 2.38. The van der Waals surface area contributed by atoms with Gasteiger partial charge in [-0.3, -0.25) is 9.59 Å². The van der Waals surface area contributed by atoms with Crippen LogP contribution in [0.3, 0.4) is 0 Å². The van der Waals surface area contributed by atoms with Gasteiger partial charge >= 0.3 is 0 Å². The maximum absolute atomic E-state index is 13.7. The van der Waals surface area contributed by atoms with Crippen LogP contribution in [0.1, 0.15) is 45.7 Å². The summed E-state index contributed by atoms with van der Waals surface area (Å²) < 4.78 is 5.46. The van der Waals surface area contributed by atoms with Crippen LogP contribution < -0.4 is 0 Å². The summed E-state index contributed by atoms with van der Waals surface area (Å²) in [5, 5.41) is 3.21. The topological polar surface area (TPSA) is 49.9 Å². The summed E-state index contributed by atoms with van der Waals surface area (Å²) in [4.78, 5) is 31.9. The van der Waals surface area contributed by atoms with Crippen LogP contribution in [0, 0.1) is 0 Å². The van der Waals surface area contributed by atoms with Crippen molar-refractivity contribution in [2.75, 3.05) is 32.8 Å². The van der Waals surface area contributed by atoms with Crippen molar-refractivity contribution in [2.45, 2.75) is 25.8 Å². The lowest BCUT2D eigenvalue weighted by molar-refractivity contribution is -0.134. The Morgan fingerprint density at radius 1 is 1.11 bits per heavy atom. The largest absolute Gasteiger partial charge is 0.382 e. The van der Waals surface area contributed by atoms with Gasteiger partial charge in [-0.2, -0.15) is 0 Å². The maximum Gasteiger partial charge on any atom is 0.254 e. The normalized spacial score (nSPS) is 15.1. The molecule has 1 atom stereocenters. The fourth-order valence-electron chi connectivity index (χ4n) is 4.40. The van der Waals surface area contributed by atoms with E-state index >= 15 is 0 Å².